The smallest absolute Gasteiger partial charge is 0.177 e. The number of ketones is 1. The van der Waals surface area contributed by atoms with Crippen molar-refractivity contribution in [1.82, 2.24) is 0 Å². The highest BCUT2D eigenvalue weighted by molar-refractivity contribution is 5.87. The molecule has 0 radical (unpaired) electrons. The van der Waals surface area contributed by atoms with Gasteiger partial charge in [-0.2, -0.15) is 0 Å². The zero-order valence-corrected chi connectivity index (χ0v) is 7.87. The molecule has 0 spiro atoms. The van der Waals surface area contributed by atoms with Gasteiger partial charge in [0.25, 0.3) is 0 Å². The Balaban J connectivity index is 0.000000561. The van der Waals surface area contributed by atoms with E-state index in [0.29, 0.717) is 6.61 Å². The molecule has 4 nitrogen and oxygen atoms in total. The molecule has 0 aliphatic carbocycles. The van der Waals surface area contributed by atoms with Gasteiger partial charge in [-0.3, -0.25) is 4.79 Å². The van der Waals surface area contributed by atoms with Gasteiger partial charge in [-0.25, -0.2) is 0 Å². The zero-order valence-electron chi connectivity index (χ0n) is 7.87. The van der Waals surface area contributed by atoms with Crippen molar-refractivity contribution < 1.29 is 14.3 Å². The summed E-state index contributed by atoms with van der Waals surface area (Å²) in [5, 5.41) is 0. The van der Waals surface area contributed by atoms with E-state index in [4.69, 9.17) is 15.2 Å². The highest BCUT2D eigenvalue weighted by Crippen LogP contribution is 2.07. The topological polar surface area (TPSA) is 61.5 Å². The van der Waals surface area contributed by atoms with E-state index in [1.54, 1.807) is 7.11 Å². The van der Waals surface area contributed by atoms with Crippen molar-refractivity contribution in [2.45, 2.75) is 26.0 Å². The second-order valence-electron chi connectivity index (χ2n) is 2.30. The molecule has 2 atom stereocenters. The third kappa shape index (κ3) is 2.89. The van der Waals surface area contributed by atoms with Gasteiger partial charge < -0.3 is 15.2 Å². The molecule has 1 saturated heterocycles. The number of Topliss-reactive ketones (excluding diaryl/α,β-unsaturated/α-hetero) is 1. The summed E-state index contributed by atoms with van der Waals surface area (Å²) in [5.41, 5.74) is 5.45. The number of ether oxygens (including phenoxy) is 2. The van der Waals surface area contributed by atoms with Crippen LogP contribution in [-0.2, 0) is 14.3 Å². The molecular weight excluding hydrogens is 158 g/mol. The Bertz CT molecular complexity index is 138. The normalized spacial score (nSPS) is 28.2. The molecule has 0 saturated carbocycles. The molecule has 72 valence electrons. The summed E-state index contributed by atoms with van der Waals surface area (Å²) in [6.45, 7) is 4.53. The fourth-order valence-corrected chi connectivity index (χ4v) is 0.912. The Morgan fingerprint density at radius 1 is 1.67 bits per heavy atom. The van der Waals surface area contributed by atoms with Crippen LogP contribution in [0.1, 0.15) is 13.8 Å². The van der Waals surface area contributed by atoms with Crippen molar-refractivity contribution >= 4 is 5.78 Å². The maximum Gasteiger partial charge on any atom is 0.177 e. The van der Waals surface area contributed by atoms with E-state index in [2.05, 4.69) is 0 Å². The molecular formula is C8H17NO3. The Morgan fingerprint density at radius 3 is 2.58 bits per heavy atom. The second kappa shape index (κ2) is 6.11. The van der Waals surface area contributed by atoms with Gasteiger partial charge >= 0.3 is 0 Å². The van der Waals surface area contributed by atoms with Crippen LogP contribution in [0.15, 0.2) is 0 Å². The van der Waals surface area contributed by atoms with Crippen LogP contribution < -0.4 is 5.73 Å². The summed E-state index contributed by atoms with van der Waals surface area (Å²) < 4.78 is 9.81. The summed E-state index contributed by atoms with van der Waals surface area (Å²) in [7, 11) is 1.55. The number of rotatable bonds is 2. The molecule has 0 aromatic carbocycles. The Kier molecular flexibility index (Phi) is 5.88. The predicted molar refractivity (Wildman–Crippen MR) is 45.9 cm³/mol. The van der Waals surface area contributed by atoms with Gasteiger partial charge in [-0.15, -0.1) is 0 Å². The van der Waals surface area contributed by atoms with E-state index in [1.165, 1.54) is 0 Å². The van der Waals surface area contributed by atoms with Crippen LogP contribution in [0.5, 0.6) is 0 Å². The van der Waals surface area contributed by atoms with Crippen molar-refractivity contribution in [2.24, 2.45) is 5.73 Å². The average Bonchev–Trinajstić information content (AvgIpc) is 2.41. The first-order valence-corrected chi connectivity index (χ1v) is 4.14. The number of hydrogen-bond donors (Lipinski definition) is 1. The molecule has 1 aliphatic rings. The second-order valence-corrected chi connectivity index (χ2v) is 2.30. The van der Waals surface area contributed by atoms with E-state index in [1.807, 2.05) is 13.8 Å². The first-order valence-electron chi connectivity index (χ1n) is 4.14. The first kappa shape index (κ1) is 11.6. The largest absolute Gasteiger partial charge is 0.382 e. The molecule has 0 aromatic rings. The number of carbonyl (C=O) groups excluding carboxylic acids is 1. The number of nitrogens with two attached hydrogens (primary N) is 1. The van der Waals surface area contributed by atoms with Gasteiger partial charge in [-0.1, -0.05) is 13.8 Å². The molecule has 1 aliphatic heterocycles. The molecule has 1 rings (SSSR count). The minimum absolute atomic E-state index is 0.0398. The van der Waals surface area contributed by atoms with E-state index in [-0.39, 0.29) is 18.5 Å². The summed E-state index contributed by atoms with van der Waals surface area (Å²) in [6, 6.07) is -0.486. The lowest BCUT2D eigenvalue weighted by Crippen LogP contribution is -2.38. The third-order valence-electron chi connectivity index (χ3n) is 1.54. The summed E-state index contributed by atoms with van der Waals surface area (Å²) in [4.78, 5) is 10.8. The van der Waals surface area contributed by atoms with Crippen LogP contribution in [0.2, 0.25) is 0 Å². The monoisotopic (exact) mass is 175 g/mol. The molecule has 2 N–H and O–H groups in total. The fraction of sp³-hybridized carbons (Fsp3) is 0.875. The fourth-order valence-electron chi connectivity index (χ4n) is 0.912. The molecule has 12 heavy (non-hydrogen) atoms. The maximum atomic E-state index is 10.8. The van der Waals surface area contributed by atoms with Crippen molar-refractivity contribution in [3.63, 3.8) is 0 Å². The highest BCUT2D eigenvalue weighted by atomic mass is 16.5. The molecule has 1 heterocycles. The molecule has 0 aromatic heterocycles. The lowest BCUT2D eigenvalue weighted by Gasteiger charge is -2.10. The Hall–Kier alpha value is -0.450. The van der Waals surface area contributed by atoms with Gasteiger partial charge in [0.2, 0.25) is 0 Å². The van der Waals surface area contributed by atoms with Crippen LogP contribution in [0.3, 0.4) is 0 Å². The van der Waals surface area contributed by atoms with Crippen LogP contribution in [0.4, 0.5) is 0 Å². The average molecular weight is 175 g/mol. The summed E-state index contributed by atoms with van der Waals surface area (Å²) >= 11 is 0. The van der Waals surface area contributed by atoms with E-state index in [0.717, 1.165) is 0 Å². The minimum Gasteiger partial charge on any atom is -0.382 e. The van der Waals surface area contributed by atoms with Gasteiger partial charge in [0.05, 0.1) is 12.6 Å². The van der Waals surface area contributed by atoms with Crippen molar-refractivity contribution in [2.75, 3.05) is 20.3 Å². The Morgan fingerprint density at radius 2 is 2.25 bits per heavy atom. The maximum absolute atomic E-state index is 10.8. The molecule has 4 heteroatoms. The van der Waals surface area contributed by atoms with Gasteiger partial charge in [-0.05, 0) is 0 Å². The molecule has 1 fully saturated rings. The standard InChI is InChI=1S/C6H11NO3.C2H6/c1-9-3-5-6(7)4(8)2-10-5;1-2/h5-6H,2-3,7H2,1H3;1-2H3. The SMILES string of the molecule is CC.COCC1OCC(=O)C1N. The van der Waals surface area contributed by atoms with Crippen LogP contribution in [0, 0.1) is 0 Å². The Labute approximate surface area is 73.0 Å². The highest BCUT2D eigenvalue weighted by Gasteiger charge is 2.32. The van der Waals surface area contributed by atoms with Crippen molar-refractivity contribution in [3.8, 4) is 0 Å². The van der Waals surface area contributed by atoms with Crippen LogP contribution in [-0.4, -0.2) is 38.3 Å². The molecule has 2 unspecified atom stereocenters. The zero-order chi connectivity index (χ0) is 9.56. The minimum atomic E-state index is -0.486. The van der Waals surface area contributed by atoms with Crippen LogP contribution in [0.25, 0.3) is 0 Å². The quantitative estimate of drug-likeness (QED) is 0.639. The van der Waals surface area contributed by atoms with E-state index in [9.17, 15) is 4.79 Å². The van der Waals surface area contributed by atoms with E-state index >= 15 is 0 Å². The number of hydrogen-bond acceptors (Lipinski definition) is 4. The van der Waals surface area contributed by atoms with Gasteiger partial charge in [0, 0.05) is 7.11 Å². The first-order chi connectivity index (χ1) is 5.75. The lowest BCUT2D eigenvalue weighted by molar-refractivity contribution is -0.118. The predicted octanol–water partition coefficient (Wildman–Crippen LogP) is -0.0458. The van der Waals surface area contributed by atoms with Gasteiger partial charge in [0.1, 0.15) is 12.7 Å². The number of methoxy groups -OCH3 is 1. The molecule has 0 bridgehead atoms. The third-order valence-corrected chi connectivity index (χ3v) is 1.54. The van der Waals surface area contributed by atoms with Crippen molar-refractivity contribution in [1.29, 1.82) is 0 Å². The summed E-state index contributed by atoms with van der Waals surface area (Å²) in [5.74, 6) is -0.0398. The molecule has 0 amide bonds. The van der Waals surface area contributed by atoms with Gasteiger partial charge in [0.15, 0.2) is 5.78 Å². The number of carbonyl (C=O) groups is 1. The van der Waals surface area contributed by atoms with E-state index < -0.39 is 6.04 Å². The lowest BCUT2D eigenvalue weighted by atomic mass is 10.1. The van der Waals surface area contributed by atoms with Crippen molar-refractivity contribution in [3.05, 3.63) is 0 Å². The van der Waals surface area contributed by atoms with Crippen LogP contribution >= 0.6 is 0 Å². The summed E-state index contributed by atoms with van der Waals surface area (Å²) in [6.07, 6.45) is -0.238.